The summed E-state index contributed by atoms with van der Waals surface area (Å²) in [6, 6.07) is 0.551. The molecule has 2 N–H and O–H groups in total. The Labute approximate surface area is 89.5 Å². The third-order valence-corrected chi connectivity index (χ3v) is 3.65. The molecule has 0 radical (unpaired) electrons. The number of rotatable bonds is 8. The molecule has 0 aromatic carbocycles. The molecule has 0 heterocycles. The van der Waals surface area contributed by atoms with Crippen molar-refractivity contribution in [1.82, 2.24) is 0 Å². The largest absolute Gasteiger partial charge is 0.327 e. The lowest BCUT2D eigenvalue weighted by Gasteiger charge is -2.33. The summed E-state index contributed by atoms with van der Waals surface area (Å²) >= 11 is 0. The number of unbranched alkanes of at least 4 members (excludes halogenated alkanes) is 6. The highest BCUT2D eigenvalue weighted by atomic mass is 14.7. The fourth-order valence-corrected chi connectivity index (χ4v) is 2.32. The molecule has 84 valence electrons. The number of hydrogen-bond acceptors (Lipinski definition) is 1. The molecule has 1 heteroatoms. The maximum absolute atomic E-state index is 5.90. The van der Waals surface area contributed by atoms with E-state index in [1.165, 1.54) is 64.2 Å². The van der Waals surface area contributed by atoms with E-state index in [1.54, 1.807) is 0 Å². The van der Waals surface area contributed by atoms with Crippen LogP contribution in [0.2, 0.25) is 0 Å². The molecule has 14 heavy (non-hydrogen) atoms. The van der Waals surface area contributed by atoms with Gasteiger partial charge in [0.25, 0.3) is 0 Å². The van der Waals surface area contributed by atoms with E-state index in [9.17, 15) is 0 Å². The predicted octanol–water partition coefficient (Wildman–Crippen LogP) is 3.86. The average Bonchev–Trinajstić information content (AvgIpc) is 2.20. The van der Waals surface area contributed by atoms with E-state index in [1.807, 2.05) is 0 Å². The molecule has 1 saturated carbocycles. The third-order valence-electron chi connectivity index (χ3n) is 3.65. The van der Waals surface area contributed by atoms with Crippen LogP contribution >= 0.6 is 0 Å². The molecule has 0 amide bonds. The molecule has 2 unspecified atom stereocenters. The molecule has 1 aliphatic carbocycles. The van der Waals surface area contributed by atoms with Crippen LogP contribution in [0, 0.1) is 5.92 Å². The molecular weight excluding hydrogens is 170 g/mol. The van der Waals surface area contributed by atoms with Gasteiger partial charge >= 0.3 is 0 Å². The van der Waals surface area contributed by atoms with E-state index in [0.29, 0.717) is 6.04 Å². The van der Waals surface area contributed by atoms with E-state index in [2.05, 4.69) is 6.92 Å². The topological polar surface area (TPSA) is 26.0 Å². The minimum Gasteiger partial charge on any atom is -0.327 e. The van der Waals surface area contributed by atoms with E-state index in [-0.39, 0.29) is 0 Å². The molecule has 2 atom stereocenters. The van der Waals surface area contributed by atoms with Crippen LogP contribution in [0.5, 0.6) is 0 Å². The van der Waals surface area contributed by atoms with Crippen molar-refractivity contribution < 1.29 is 0 Å². The predicted molar refractivity (Wildman–Crippen MR) is 63.3 cm³/mol. The van der Waals surface area contributed by atoms with Gasteiger partial charge in [0.15, 0.2) is 0 Å². The first kappa shape index (κ1) is 12.0. The van der Waals surface area contributed by atoms with Gasteiger partial charge in [0, 0.05) is 6.04 Å². The molecule has 1 fully saturated rings. The maximum Gasteiger partial charge on any atom is 0.00672 e. The Kier molecular flexibility index (Phi) is 6.25. The molecule has 0 aliphatic heterocycles. The van der Waals surface area contributed by atoms with Gasteiger partial charge in [0.2, 0.25) is 0 Å². The Hall–Kier alpha value is -0.0400. The van der Waals surface area contributed by atoms with E-state index < -0.39 is 0 Å². The van der Waals surface area contributed by atoms with Crippen LogP contribution in [0.1, 0.15) is 71.1 Å². The number of nitrogens with two attached hydrogens (primary N) is 1. The van der Waals surface area contributed by atoms with Crippen molar-refractivity contribution in [2.75, 3.05) is 0 Å². The molecule has 0 spiro atoms. The minimum absolute atomic E-state index is 0.551. The zero-order valence-electron chi connectivity index (χ0n) is 9.80. The fourth-order valence-electron chi connectivity index (χ4n) is 2.32. The van der Waals surface area contributed by atoms with Gasteiger partial charge in [-0.3, -0.25) is 0 Å². The second kappa shape index (κ2) is 7.28. The lowest BCUT2D eigenvalue weighted by atomic mass is 9.77. The summed E-state index contributed by atoms with van der Waals surface area (Å²) in [6.07, 6.45) is 14.1. The second-order valence-electron chi connectivity index (χ2n) is 4.91. The van der Waals surface area contributed by atoms with Crippen LogP contribution in [0.3, 0.4) is 0 Å². The Balaban J connectivity index is 1.76. The van der Waals surface area contributed by atoms with Crippen LogP contribution in [0.4, 0.5) is 0 Å². The van der Waals surface area contributed by atoms with E-state index >= 15 is 0 Å². The molecule has 1 aliphatic rings. The van der Waals surface area contributed by atoms with Gasteiger partial charge in [-0.15, -0.1) is 0 Å². The van der Waals surface area contributed by atoms with Crippen molar-refractivity contribution >= 4 is 0 Å². The summed E-state index contributed by atoms with van der Waals surface area (Å²) in [4.78, 5) is 0. The van der Waals surface area contributed by atoms with Crippen LogP contribution in [0.15, 0.2) is 0 Å². The highest BCUT2D eigenvalue weighted by molar-refractivity contribution is 4.83. The Morgan fingerprint density at radius 2 is 1.57 bits per heavy atom. The summed E-state index contributed by atoms with van der Waals surface area (Å²) < 4.78 is 0. The third kappa shape index (κ3) is 4.45. The van der Waals surface area contributed by atoms with Crippen molar-refractivity contribution in [3.63, 3.8) is 0 Å². The molecule has 0 aromatic heterocycles. The standard InChI is InChI=1S/C13H27N/c1-2-3-4-5-6-7-8-9-12-10-11-13(12)14/h12-13H,2-11,14H2,1H3. The summed E-state index contributed by atoms with van der Waals surface area (Å²) in [6.45, 7) is 2.28. The van der Waals surface area contributed by atoms with Crippen molar-refractivity contribution in [3.8, 4) is 0 Å². The molecule has 1 rings (SSSR count). The Morgan fingerprint density at radius 1 is 0.929 bits per heavy atom. The summed E-state index contributed by atoms with van der Waals surface area (Å²) in [5.74, 6) is 0.880. The van der Waals surface area contributed by atoms with Gasteiger partial charge in [0.1, 0.15) is 0 Å². The summed E-state index contributed by atoms with van der Waals surface area (Å²) in [7, 11) is 0. The van der Waals surface area contributed by atoms with Gasteiger partial charge < -0.3 is 5.73 Å². The minimum atomic E-state index is 0.551. The zero-order chi connectivity index (χ0) is 10.2. The van der Waals surface area contributed by atoms with Crippen molar-refractivity contribution in [2.24, 2.45) is 11.7 Å². The molecule has 0 bridgehead atoms. The second-order valence-corrected chi connectivity index (χ2v) is 4.91. The van der Waals surface area contributed by atoms with Crippen molar-refractivity contribution in [1.29, 1.82) is 0 Å². The van der Waals surface area contributed by atoms with Crippen LogP contribution in [-0.4, -0.2) is 6.04 Å². The fraction of sp³-hybridized carbons (Fsp3) is 1.00. The molecule has 0 saturated heterocycles. The normalized spacial score (nSPS) is 26.1. The zero-order valence-corrected chi connectivity index (χ0v) is 9.80. The summed E-state index contributed by atoms with van der Waals surface area (Å²) in [5, 5.41) is 0. The van der Waals surface area contributed by atoms with Crippen LogP contribution in [0.25, 0.3) is 0 Å². The van der Waals surface area contributed by atoms with Crippen molar-refractivity contribution in [2.45, 2.75) is 77.2 Å². The first-order chi connectivity index (χ1) is 6.84. The van der Waals surface area contributed by atoms with Gasteiger partial charge in [-0.2, -0.15) is 0 Å². The van der Waals surface area contributed by atoms with E-state index in [0.717, 1.165) is 5.92 Å². The Bertz CT molecular complexity index is 133. The lowest BCUT2D eigenvalue weighted by molar-refractivity contribution is 0.234. The van der Waals surface area contributed by atoms with Crippen LogP contribution < -0.4 is 5.73 Å². The smallest absolute Gasteiger partial charge is 0.00672 e. The highest BCUT2D eigenvalue weighted by Gasteiger charge is 2.25. The van der Waals surface area contributed by atoms with Crippen LogP contribution in [-0.2, 0) is 0 Å². The molecule has 0 aromatic rings. The van der Waals surface area contributed by atoms with Gasteiger partial charge in [-0.1, -0.05) is 51.9 Å². The monoisotopic (exact) mass is 197 g/mol. The molecular formula is C13H27N. The Morgan fingerprint density at radius 3 is 2.07 bits per heavy atom. The van der Waals surface area contributed by atoms with E-state index in [4.69, 9.17) is 5.73 Å². The quantitative estimate of drug-likeness (QED) is 0.587. The SMILES string of the molecule is CCCCCCCCCC1CCC1N. The first-order valence-electron chi connectivity index (χ1n) is 6.60. The van der Waals surface area contributed by atoms with Gasteiger partial charge in [0.05, 0.1) is 0 Å². The molecule has 1 nitrogen and oxygen atoms in total. The highest BCUT2D eigenvalue weighted by Crippen LogP contribution is 2.30. The van der Waals surface area contributed by atoms with Crippen molar-refractivity contribution in [3.05, 3.63) is 0 Å². The first-order valence-corrected chi connectivity index (χ1v) is 6.60. The number of hydrogen-bond donors (Lipinski definition) is 1. The lowest BCUT2D eigenvalue weighted by Crippen LogP contribution is -2.39. The van der Waals surface area contributed by atoms with Gasteiger partial charge in [-0.05, 0) is 25.2 Å². The van der Waals surface area contributed by atoms with Gasteiger partial charge in [-0.25, -0.2) is 0 Å². The maximum atomic E-state index is 5.90. The average molecular weight is 197 g/mol. The summed E-state index contributed by atoms with van der Waals surface area (Å²) in [5.41, 5.74) is 5.90.